The van der Waals surface area contributed by atoms with Gasteiger partial charge in [0, 0.05) is 37.3 Å². The van der Waals surface area contributed by atoms with Crippen molar-refractivity contribution >= 4 is 40.9 Å². The van der Waals surface area contributed by atoms with Crippen LogP contribution in [-0.2, 0) is 25.5 Å². The van der Waals surface area contributed by atoms with Crippen molar-refractivity contribution in [2.75, 3.05) is 49.9 Å². The number of ether oxygens (including phenoxy) is 2. The molecule has 4 amide bonds. The maximum atomic E-state index is 13.1. The van der Waals surface area contributed by atoms with E-state index in [1.54, 1.807) is 55.6 Å². The van der Waals surface area contributed by atoms with Gasteiger partial charge in [0.1, 0.15) is 0 Å². The molecule has 0 aliphatic rings. The molecule has 3 N–H and O–H groups in total. The van der Waals surface area contributed by atoms with E-state index in [-0.39, 0.29) is 30.8 Å². The molecular weight excluding hydrogens is 512 g/mol. The van der Waals surface area contributed by atoms with Crippen molar-refractivity contribution in [2.45, 2.75) is 19.8 Å². The second-order valence-electron chi connectivity index (χ2n) is 9.05. The van der Waals surface area contributed by atoms with Gasteiger partial charge < -0.3 is 30.3 Å². The first-order valence-corrected chi connectivity index (χ1v) is 12.8. The Balaban J connectivity index is 1.57. The van der Waals surface area contributed by atoms with Crippen LogP contribution in [-0.4, -0.2) is 62.6 Å². The van der Waals surface area contributed by atoms with Crippen molar-refractivity contribution in [1.29, 1.82) is 0 Å². The van der Waals surface area contributed by atoms with Crippen molar-refractivity contribution in [1.82, 2.24) is 4.90 Å². The molecule has 0 saturated carbocycles. The number of aryl methyl sites for hydroxylation is 1. The van der Waals surface area contributed by atoms with Gasteiger partial charge in [-0.2, -0.15) is 0 Å². The zero-order valence-corrected chi connectivity index (χ0v) is 22.9. The standard InChI is InChI=1S/C30H34N4O6/c1-21-7-4-5-8-26(21)33-30(38)32-25-13-9-22(10-14-25)19-28(36)34(17-6-18-39-2)20-27(35)31-24-15-11-23(12-16-24)29(37)40-3/h4-5,7-16H,6,17-20H2,1-3H3,(H,31,35)(H2,32,33,38). The molecule has 0 fully saturated rings. The van der Waals surface area contributed by atoms with Gasteiger partial charge in [-0.1, -0.05) is 30.3 Å². The molecule has 210 valence electrons. The van der Waals surface area contributed by atoms with Gasteiger partial charge in [-0.25, -0.2) is 9.59 Å². The van der Waals surface area contributed by atoms with Gasteiger partial charge in [0.2, 0.25) is 11.8 Å². The summed E-state index contributed by atoms with van der Waals surface area (Å²) in [6.45, 7) is 2.57. The highest BCUT2D eigenvalue weighted by Gasteiger charge is 2.18. The number of carbonyl (C=O) groups excluding carboxylic acids is 4. The number of amides is 4. The van der Waals surface area contributed by atoms with Crippen LogP contribution in [0.25, 0.3) is 0 Å². The number of para-hydroxylation sites is 1. The summed E-state index contributed by atoms with van der Waals surface area (Å²) in [4.78, 5) is 51.3. The first-order valence-electron chi connectivity index (χ1n) is 12.8. The number of carbonyl (C=O) groups is 4. The van der Waals surface area contributed by atoms with Crippen molar-refractivity contribution in [2.24, 2.45) is 0 Å². The summed E-state index contributed by atoms with van der Waals surface area (Å²) < 4.78 is 9.78. The summed E-state index contributed by atoms with van der Waals surface area (Å²) in [6, 6.07) is 20.4. The highest BCUT2D eigenvalue weighted by Crippen LogP contribution is 2.16. The molecule has 0 aliphatic carbocycles. The number of hydrogen-bond acceptors (Lipinski definition) is 6. The van der Waals surface area contributed by atoms with Crippen LogP contribution in [0.15, 0.2) is 72.8 Å². The van der Waals surface area contributed by atoms with Crippen molar-refractivity contribution < 1.29 is 28.7 Å². The fourth-order valence-corrected chi connectivity index (χ4v) is 3.86. The number of nitrogens with one attached hydrogen (secondary N) is 3. The van der Waals surface area contributed by atoms with Crippen LogP contribution in [0, 0.1) is 6.92 Å². The van der Waals surface area contributed by atoms with Crippen molar-refractivity contribution in [3.05, 3.63) is 89.5 Å². The highest BCUT2D eigenvalue weighted by molar-refractivity contribution is 6.00. The topological polar surface area (TPSA) is 126 Å². The van der Waals surface area contributed by atoms with Crippen LogP contribution in [0.2, 0.25) is 0 Å². The van der Waals surface area contributed by atoms with E-state index in [1.165, 1.54) is 12.0 Å². The number of rotatable bonds is 12. The predicted molar refractivity (Wildman–Crippen MR) is 153 cm³/mol. The van der Waals surface area contributed by atoms with E-state index in [2.05, 4.69) is 20.7 Å². The lowest BCUT2D eigenvalue weighted by molar-refractivity contribution is -0.134. The Labute approximate surface area is 233 Å². The van der Waals surface area contributed by atoms with Gasteiger partial charge in [0.25, 0.3) is 0 Å². The van der Waals surface area contributed by atoms with Gasteiger partial charge in [0.15, 0.2) is 0 Å². The molecule has 3 rings (SSSR count). The number of esters is 1. The molecule has 0 aliphatic heterocycles. The summed E-state index contributed by atoms with van der Waals surface area (Å²) >= 11 is 0. The molecule has 10 nitrogen and oxygen atoms in total. The molecule has 0 atom stereocenters. The minimum atomic E-state index is -0.470. The van der Waals surface area contributed by atoms with E-state index in [4.69, 9.17) is 4.74 Å². The number of hydrogen-bond donors (Lipinski definition) is 3. The lowest BCUT2D eigenvalue weighted by Crippen LogP contribution is -2.39. The summed E-state index contributed by atoms with van der Waals surface area (Å²) in [5, 5.41) is 8.34. The third-order valence-corrected chi connectivity index (χ3v) is 6.01. The number of methoxy groups -OCH3 is 2. The molecule has 0 heterocycles. The van der Waals surface area contributed by atoms with E-state index in [0.717, 1.165) is 16.8 Å². The number of urea groups is 1. The van der Waals surface area contributed by atoms with Crippen LogP contribution in [0.5, 0.6) is 0 Å². The molecule has 0 unspecified atom stereocenters. The third-order valence-electron chi connectivity index (χ3n) is 6.01. The zero-order valence-electron chi connectivity index (χ0n) is 22.9. The van der Waals surface area contributed by atoms with Gasteiger partial charge in [-0.3, -0.25) is 9.59 Å². The highest BCUT2D eigenvalue weighted by atomic mass is 16.5. The van der Waals surface area contributed by atoms with Gasteiger partial charge in [0.05, 0.1) is 25.6 Å². The van der Waals surface area contributed by atoms with Crippen LogP contribution in [0.3, 0.4) is 0 Å². The van der Waals surface area contributed by atoms with Crippen LogP contribution in [0.4, 0.5) is 21.9 Å². The predicted octanol–water partition coefficient (Wildman–Crippen LogP) is 4.47. The van der Waals surface area contributed by atoms with E-state index < -0.39 is 5.97 Å². The Bertz CT molecular complexity index is 1310. The summed E-state index contributed by atoms with van der Waals surface area (Å²) in [5.41, 5.74) is 3.86. The molecule has 0 radical (unpaired) electrons. The van der Waals surface area contributed by atoms with E-state index in [0.29, 0.717) is 36.5 Å². The number of benzene rings is 3. The second-order valence-corrected chi connectivity index (χ2v) is 9.05. The van der Waals surface area contributed by atoms with E-state index >= 15 is 0 Å². The number of anilines is 3. The first-order chi connectivity index (χ1) is 19.3. The minimum Gasteiger partial charge on any atom is -0.465 e. The molecular formula is C30H34N4O6. The Hall–Kier alpha value is -4.70. The normalized spacial score (nSPS) is 10.4. The average Bonchev–Trinajstić information content (AvgIpc) is 2.95. The summed E-state index contributed by atoms with van der Waals surface area (Å²) in [5.74, 6) is -1.05. The van der Waals surface area contributed by atoms with Gasteiger partial charge in [-0.05, 0) is 66.9 Å². The van der Waals surface area contributed by atoms with Crippen molar-refractivity contribution in [3.63, 3.8) is 0 Å². The lowest BCUT2D eigenvalue weighted by Gasteiger charge is -2.22. The monoisotopic (exact) mass is 546 g/mol. The number of nitrogens with zero attached hydrogens (tertiary/aromatic N) is 1. The van der Waals surface area contributed by atoms with E-state index in [9.17, 15) is 19.2 Å². The molecule has 0 bridgehead atoms. The summed E-state index contributed by atoms with van der Waals surface area (Å²) in [7, 11) is 2.87. The van der Waals surface area contributed by atoms with Crippen LogP contribution in [0.1, 0.15) is 27.9 Å². The summed E-state index contributed by atoms with van der Waals surface area (Å²) in [6.07, 6.45) is 0.659. The van der Waals surface area contributed by atoms with E-state index in [1.807, 2.05) is 31.2 Å². The van der Waals surface area contributed by atoms with Gasteiger partial charge in [-0.15, -0.1) is 0 Å². The fraction of sp³-hybridized carbons (Fsp3) is 0.267. The molecule has 0 aromatic heterocycles. The second kappa shape index (κ2) is 15.0. The maximum Gasteiger partial charge on any atom is 0.337 e. The SMILES string of the molecule is COCCCN(CC(=O)Nc1ccc(C(=O)OC)cc1)C(=O)Cc1ccc(NC(=O)Nc2ccccc2C)cc1. The third kappa shape index (κ3) is 9.25. The fourth-order valence-electron chi connectivity index (χ4n) is 3.86. The average molecular weight is 547 g/mol. The molecule has 3 aromatic rings. The van der Waals surface area contributed by atoms with Gasteiger partial charge >= 0.3 is 12.0 Å². The molecule has 0 spiro atoms. The smallest absolute Gasteiger partial charge is 0.337 e. The quantitative estimate of drug-likeness (QED) is 0.227. The molecule has 10 heteroatoms. The first kappa shape index (κ1) is 29.9. The van der Waals surface area contributed by atoms with Crippen LogP contribution >= 0.6 is 0 Å². The Morgan fingerprint density at radius 2 is 1.45 bits per heavy atom. The largest absolute Gasteiger partial charge is 0.465 e. The molecule has 3 aromatic carbocycles. The maximum absolute atomic E-state index is 13.1. The zero-order chi connectivity index (χ0) is 28.9. The Kier molecular flexibility index (Phi) is 11.2. The Morgan fingerprint density at radius 1 is 0.800 bits per heavy atom. The molecule has 0 saturated heterocycles. The molecule has 40 heavy (non-hydrogen) atoms. The van der Waals surface area contributed by atoms with Crippen molar-refractivity contribution in [3.8, 4) is 0 Å². The lowest BCUT2D eigenvalue weighted by atomic mass is 10.1. The minimum absolute atomic E-state index is 0.0871. The Morgan fingerprint density at radius 3 is 2.10 bits per heavy atom. The van der Waals surface area contributed by atoms with Crippen LogP contribution < -0.4 is 16.0 Å².